The second-order valence-electron chi connectivity index (χ2n) is 4.90. The highest BCUT2D eigenvalue weighted by Crippen LogP contribution is 2.35. The number of rotatable bonds is 5. The van der Waals surface area contributed by atoms with Gasteiger partial charge in [-0.3, -0.25) is 4.79 Å². The average molecular weight is 265 g/mol. The van der Waals surface area contributed by atoms with Crippen LogP contribution in [0.5, 0.6) is 0 Å². The summed E-state index contributed by atoms with van der Waals surface area (Å²) in [5.41, 5.74) is -0.756. The van der Waals surface area contributed by atoms with Crippen molar-refractivity contribution in [3.8, 4) is 0 Å². The van der Waals surface area contributed by atoms with Crippen LogP contribution in [0.4, 0.5) is 5.95 Å². The van der Waals surface area contributed by atoms with Gasteiger partial charge in [-0.25, -0.2) is 9.97 Å². The van der Waals surface area contributed by atoms with Crippen molar-refractivity contribution < 1.29 is 14.6 Å². The van der Waals surface area contributed by atoms with Gasteiger partial charge < -0.3 is 14.7 Å². The predicted molar refractivity (Wildman–Crippen MR) is 70.0 cm³/mol. The van der Waals surface area contributed by atoms with E-state index in [4.69, 9.17) is 4.74 Å². The second-order valence-corrected chi connectivity index (χ2v) is 4.90. The van der Waals surface area contributed by atoms with Crippen LogP contribution in [0.2, 0.25) is 0 Å². The molecule has 1 aliphatic rings. The van der Waals surface area contributed by atoms with Gasteiger partial charge in [0.15, 0.2) is 0 Å². The summed E-state index contributed by atoms with van der Waals surface area (Å²) < 4.78 is 5.05. The third-order valence-corrected chi connectivity index (χ3v) is 3.65. The molecular formula is C13H19N3O3. The number of carboxylic acids is 1. The molecule has 0 spiro atoms. The predicted octanol–water partition coefficient (Wildman–Crippen LogP) is 1.18. The van der Waals surface area contributed by atoms with Gasteiger partial charge >= 0.3 is 5.97 Å². The van der Waals surface area contributed by atoms with E-state index >= 15 is 0 Å². The molecule has 0 radical (unpaired) electrons. The maximum atomic E-state index is 11.6. The molecule has 1 aromatic heterocycles. The zero-order valence-corrected chi connectivity index (χ0v) is 11.1. The molecule has 0 aromatic carbocycles. The summed E-state index contributed by atoms with van der Waals surface area (Å²) >= 11 is 0. The number of aliphatic carboxylic acids is 1. The van der Waals surface area contributed by atoms with Crippen LogP contribution >= 0.6 is 0 Å². The van der Waals surface area contributed by atoms with Crippen LogP contribution in [0, 0.1) is 5.41 Å². The smallest absolute Gasteiger partial charge is 0.311 e. The fourth-order valence-corrected chi connectivity index (χ4v) is 2.54. The van der Waals surface area contributed by atoms with Crippen molar-refractivity contribution >= 4 is 11.9 Å². The molecule has 0 aliphatic carbocycles. The Hall–Kier alpha value is -1.69. The van der Waals surface area contributed by atoms with Crippen LogP contribution in [0.15, 0.2) is 18.5 Å². The number of piperidine rings is 1. The fourth-order valence-electron chi connectivity index (χ4n) is 2.54. The molecule has 104 valence electrons. The Labute approximate surface area is 112 Å². The van der Waals surface area contributed by atoms with Crippen LogP contribution in [0.3, 0.4) is 0 Å². The number of carboxylic acid groups (broad SMARTS) is 1. The summed E-state index contributed by atoms with van der Waals surface area (Å²) in [6, 6.07) is 1.75. The molecule has 2 heterocycles. The van der Waals surface area contributed by atoms with Crippen LogP contribution in [-0.4, -0.2) is 47.8 Å². The van der Waals surface area contributed by atoms with E-state index in [2.05, 4.69) is 9.97 Å². The SMILES string of the molecule is COCC[C@@]1(C(=O)O)CCCN(c2ncccn2)C1. The molecule has 1 atom stereocenters. The zero-order chi connectivity index (χ0) is 13.7. The van der Waals surface area contributed by atoms with Crippen molar-refractivity contribution in [2.24, 2.45) is 5.41 Å². The van der Waals surface area contributed by atoms with Gasteiger partial charge in [0, 0.05) is 39.2 Å². The highest BCUT2D eigenvalue weighted by molar-refractivity contribution is 5.75. The van der Waals surface area contributed by atoms with Crippen molar-refractivity contribution in [2.75, 3.05) is 31.7 Å². The monoisotopic (exact) mass is 265 g/mol. The van der Waals surface area contributed by atoms with Crippen LogP contribution in [0.1, 0.15) is 19.3 Å². The van der Waals surface area contributed by atoms with E-state index in [9.17, 15) is 9.90 Å². The summed E-state index contributed by atoms with van der Waals surface area (Å²) in [5, 5.41) is 9.56. The van der Waals surface area contributed by atoms with Crippen LogP contribution in [-0.2, 0) is 9.53 Å². The first-order valence-corrected chi connectivity index (χ1v) is 6.42. The summed E-state index contributed by atoms with van der Waals surface area (Å²) in [6.07, 6.45) is 5.37. The normalized spacial score (nSPS) is 23.3. The van der Waals surface area contributed by atoms with Gasteiger partial charge in [0.1, 0.15) is 0 Å². The molecule has 6 heteroatoms. The van der Waals surface area contributed by atoms with Crippen molar-refractivity contribution in [2.45, 2.75) is 19.3 Å². The minimum Gasteiger partial charge on any atom is -0.481 e. The van der Waals surface area contributed by atoms with E-state index in [0.717, 1.165) is 13.0 Å². The summed E-state index contributed by atoms with van der Waals surface area (Å²) in [4.78, 5) is 22.0. The van der Waals surface area contributed by atoms with Crippen molar-refractivity contribution in [1.29, 1.82) is 0 Å². The maximum Gasteiger partial charge on any atom is 0.311 e. The van der Waals surface area contributed by atoms with Gasteiger partial charge in [0.2, 0.25) is 5.95 Å². The van der Waals surface area contributed by atoms with E-state index < -0.39 is 11.4 Å². The standard InChI is InChI=1S/C13H19N3O3/c1-19-9-5-13(11(17)18)4-2-8-16(10-13)12-14-6-3-7-15-12/h3,6-7H,2,4-5,8-10H2,1H3,(H,17,18)/t13-/m0/s1. The molecule has 0 bridgehead atoms. The number of methoxy groups -OCH3 is 1. The van der Waals surface area contributed by atoms with Gasteiger partial charge in [0.05, 0.1) is 5.41 Å². The number of nitrogens with zero attached hydrogens (tertiary/aromatic N) is 3. The van der Waals surface area contributed by atoms with Gasteiger partial charge in [-0.2, -0.15) is 0 Å². The molecule has 0 saturated carbocycles. The van der Waals surface area contributed by atoms with Crippen molar-refractivity contribution in [3.63, 3.8) is 0 Å². The van der Waals surface area contributed by atoms with E-state index in [1.807, 2.05) is 4.90 Å². The van der Waals surface area contributed by atoms with E-state index in [0.29, 0.717) is 31.9 Å². The first-order chi connectivity index (χ1) is 9.18. The minimum absolute atomic E-state index is 0.440. The lowest BCUT2D eigenvalue weighted by molar-refractivity contribution is -0.150. The fraction of sp³-hybridized carbons (Fsp3) is 0.615. The Morgan fingerprint density at radius 2 is 2.26 bits per heavy atom. The molecular weight excluding hydrogens is 246 g/mol. The average Bonchev–Trinajstić information content (AvgIpc) is 2.46. The summed E-state index contributed by atoms with van der Waals surface area (Å²) in [5.74, 6) is -0.157. The molecule has 1 fully saturated rings. The number of hydrogen-bond acceptors (Lipinski definition) is 5. The highest BCUT2D eigenvalue weighted by Gasteiger charge is 2.42. The molecule has 19 heavy (non-hydrogen) atoms. The van der Waals surface area contributed by atoms with E-state index in [1.54, 1.807) is 25.6 Å². The lowest BCUT2D eigenvalue weighted by atomic mass is 9.77. The van der Waals surface area contributed by atoms with Gasteiger partial charge in [-0.05, 0) is 25.3 Å². The third-order valence-electron chi connectivity index (χ3n) is 3.65. The van der Waals surface area contributed by atoms with Crippen LogP contribution in [0.25, 0.3) is 0 Å². The first kappa shape index (κ1) is 13.7. The molecule has 0 amide bonds. The highest BCUT2D eigenvalue weighted by atomic mass is 16.5. The quantitative estimate of drug-likeness (QED) is 0.861. The van der Waals surface area contributed by atoms with Gasteiger partial charge in [-0.1, -0.05) is 0 Å². The Bertz CT molecular complexity index is 426. The Balaban J connectivity index is 2.15. The molecule has 1 N–H and O–H groups in total. The number of carbonyl (C=O) groups is 1. The molecule has 1 saturated heterocycles. The number of aromatic nitrogens is 2. The van der Waals surface area contributed by atoms with Gasteiger partial charge in [0.25, 0.3) is 0 Å². The first-order valence-electron chi connectivity index (χ1n) is 6.42. The number of ether oxygens (including phenoxy) is 1. The molecule has 1 aliphatic heterocycles. The lowest BCUT2D eigenvalue weighted by Gasteiger charge is -2.39. The van der Waals surface area contributed by atoms with Crippen molar-refractivity contribution in [3.05, 3.63) is 18.5 Å². The molecule has 0 unspecified atom stereocenters. The Morgan fingerprint density at radius 1 is 1.53 bits per heavy atom. The van der Waals surface area contributed by atoms with Crippen molar-refractivity contribution in [1.82, 2.24) is 9.97 Å². The second kappa shape index (κ2) is 5.97. The molecule has 6 nitrogen and oxygen atoms in total. The summed E-state index contributed by atoms with van der Waals surface area (Å²) in [6.45, 7) is 1.69. The number of hydrogen-bond donors (Lipinski definition) is 1. The van der Waals surface area contributed by atoms with Gasteiger partial charge in [-0.15, -0.1) is 0 Å². The topological polar surface area (TPSA) is 75.6 Å². The Morgan fingerprint density at radius 3 is 2.89 bits per heavy atom. The van der Waals surface area contributed by atoms with E-state index in [1.165, 1.54) is 0 Å². The maximum absolute atomic E-state index is 11.6. The number of anilines is 1. The van der Waals surface area contributed by atoms with E-state index in [-0.39, 0.29) is 0 Å². The van der Waals surface area contributed by atoms with Crippen LogP contribution < -0.4 is 4.90 Å². The lowest BCUT2D eigenvalue weighted by Crippen LogP contribution is -2.49. The molecule has 2 rings (SSSR count). The zero-order valence-electron chi connectivity index (χ0n) is 11.1. The summed E-state index contributed by atoms with van der Waals surface area (Å²) in [7, 11) is 1.59. The largest absolute Gasteiger partial charge is 0.481 e. The Kier molecular flexibility index (Phi) is 4.31. The molecule has 1 aromatic rings. The third kappa shape index (κ3) is 3.01. The minimum atomic E-state index is -0.759.